The zero-order valence-corrected chi connectivity index (χ0v) is 17.3. The number of rotatable bonds is 5. The number of aromatic nitrogens is 1. The van der Waals surface area contributed by atoms with Gasteiger partial charge in [-0.1, -0.05) is 12.1 Å². The van der Waals surface area contributed by atoms with E-state index in [1.54, 1.807) is 30.5 Å². The second-order valence-corrected chi connectivity index (χ2v) is 7.71. The predicted octanol–water partition coefficient (Wildman–Crippen LogP) is 1.58. The molecule has 0 fully saturated rings. The lowest BCUT2D eigenvalue weighted by Gasteiger charge is -2.11. The number of halogens is 1. The number of aryl methyl sites for hydroxylation is 1. The Hall–Kier alpha value is -1.24. The molecule has 10 heteroatoms. The van der Waals surface area contributed by atoms with E-state index in [0.717, 1.165) is 10.6 Å². The van der Waals surface area contributed by atoms with E-state index in [1.165, 1.54) is 17.0 Å². The number of nitrogens with two attached hydrogens (primary N) is 1. The first kappa shape index (κ1) is 20.8. The van der Waals surface area contributed by atoms with Crippen LogP contribution in [-0.2, 0) is 23.1 Å². The summed E-state index contributed by atoms with van der Waals surface area (Å²) < 4.78 is 22.4. The molecule has 0 spiro atoms. The largest absolute Gasteiger partial charge is 0.352 e. The number of primary sulfonamides is 1. The SMILES string of the molecule is CN=C(NCc1ccc(S(N)(=O)=O)cc1)NCc1ncc(C)s1.I. The third kappa shape index (κ3) is 6.34. The standard InChI is InChI=1S/C14H19N5O2S2.HI/c1-10-7-17-13(22-10)9-19-14(16-2)18-8-11-3-5-12(6-4-11)23(15,20)21;/h3-7H,8-9H2,1-2H3,(H2,15,20,21)(H2,16,18,19);1H. The van der Waals surface area contributed by atoms with Crippen LogP contribution in [0.25, 0.3) is 0 Å². The molecular weight excluding hydrogens is 461 g/mol. The maximum absolute atomic E-state index is 11.2. The van der Waals surface area contributed by atoms with Gasteiger partial charge in [0.2, 0.25) is 10.0 Å². The van der Waals surface area contributed by atoms with Gasteiger partial charge in [-0.2, -0.15) is 0 Å². The van der Waals surface area contributed by atoms with E-state index in [2.05, 4.69) is 20.6 Å². The van der Waals surface area contributed by atoms with E-state index >= 15 is 0 Å². The number of nitrogens with one attached hydrogen (secondary N) is 2. The van der Waals surface area contributed by atoms with Crippen molar-refractivity contribution < 1.29 is 8.42 Å². The third-order valence-corrected chi connectivity index (χ3v) is 4.85. The fraction of sp³-hybridized carbons (Fsp3) is 0.286. The summed E-state index contributed by atoms with van der Waals surface area (Å²) in [6, 6.07) is 6.40. The van der Waals surface area contributed by atoms with Gasteiger partial charge in [0.15, 0.2) is 5.96 Å². The summed E-state index contributed by atoms with van der Waals surface area (Å²) in [5.41, 5.74) is 0.922. The fourth-order valence-corrected chi connectivity index (χ4v) is 3.09. The van der Waals surface area contributed by atoms with Crippen molar-refractivity contribution in [3.05, 3.63) is 45.9 Å². The van der Waals surface area contributed by atoms with Crippen molar-refractivity contribution >= 4 is 51.3 Å². The Bertz CT molecular complexity index is 788. The second kappa shape index (κ2) is 9.30. The first-order chi connectivity index (χ1) is 10.9. The maximum Gasteiger partial charge on any atom is 0.238 e. The summed E-state index contributed by atoms with van der Waals surface area (Å²) in [6.07, 6.45) is 1.84. The summed E-state index contributed by atoms with van der Waals surface area (Å²) in [5.74, 6) is 0.647. The molecule has 0 aliphatic rings. The van der Waals surface area contributed by atoms with Crippen molar-refractivity contribution in [1.29, 1.82) is 0 Å². The first-order valence-electron chi connectivity index (χ1n) is 6.86. The average Bonchev–Trinajstić information content (AvgIpc) is 2.92. The van der Waals surface area contributed by atoms with Crippen molar-refractivity contribution in [3.63, 3.8) is 0 Å². The van der Waals surface area contributed by atoms with E-state index in [4.69, 9.17) is 5.14 Å². The summed E-state index contributed by atoms with van der Waals surface area (Å²) >= 11 is 1.63. The Kier molecular flexibility index (Phi) is 8.06. The predicted molar refractivity (Wildman–Crippen MR) is 107 cm³/mol. The monoisotopic (exact) mass is 481 g/mol. The first-order valence-corrected chi connectivity index (χ1v) is 9.22. The number of sulfonamides is 1. The lowest BCUT2D eigenvalue weighted by atomic mass is 10.2. The Morgan fingerprint density at radius 3 is 2.38 bits per heavy atom. The number of hydrogen-bond donors (Lipinski definition) is 3. The van der Waals surface area contributed by atoms with Crippen LogP contribution < -0.4 is 15.8 Å². The highest BCUT2D eigenvalue weighted by Gasteiger charge is 2.07. The minimum Gasteiger partial charge on any atom is -0.352 e. The number of thiazole rings is 1. The normalized spacial score (nSPS) is 11.7. The second-order valence-electron chi connectivity index (χ2n) is 4.83. The lowest BCUT2D eigenvalue weighted by molar-refractivity contribution is 0.597. The van der Waals surface area contributed by atoms with Crippen LogP contribution >= 0.6 is 35.3 Å². The molecule has 0 amide bonds. The van der Waals surface area contributed by atoms with E-state index in [1.807, 2.05) is 13.1 Å². The van der Waals surface area contributed by atoms with E-state index in [0.29, 0.717) is 19.0 Å². The van der Waals surface area contributed by atoms with Gasteiger partial charge < -0.3 is 10.6 Å². The van der Waals surface area contributed by atoms with Gasteiger partial charge in [0.05, 0.1) is 11.4 Å². The van der Waals surface area contributed by atoms with Crippen LogP contribution in [0.5, 0.6) is 0 Å². The van der Waals surface area contributed by atoms with Crippen molar-refractivity contribution in [1.82, 2.24) is 15.6 Å². The van der Waals surface area contributed by atoms with Gasteiger partial charge in [0, 0.05) is 24.7 Å². The molecule has 1 aromatic heterocycles. The molecule has 0 radical (unpaired) electrons. The Morgan fingerprint density at radius 2 is 1.88 bits per heavy atom. The summed E-state index contributed by atoms with van der Waals surface area (Å²) in [7, 11) is -1.97. The van der Waals surface area contributed by atoms with Gasteiger partial charge >= 0.3 is 0 Å². The topological polar surface area (TPSA) is 109 Å². The molecule has 0 saturated heterocycles. The van der Waals surface area contributed by atoms with Crippen LogP contribution in [-0.4, -0.2) is 26.4 Å². The summed E-state index contributed by atoms with van der Waals surface area (Å²) in [5, 5.41) is 12.4. The molecule has 132 valence electrons. The average molecular weight is 481 g/mol. The summed E-state index contributed by atoms with van der Waals surface area (Å²) in [6.45, 7) is 3.13. The highest BCUT2D eigenvalue weighted by atomic mass is 127. The van der Waals surface area contributed by atoms with Crippen LogP contribution in [0.15, 0.2) is 40.4 Å². The van der Waals surface area contributed by atoms with Crippen molar-refractivity contribution in [3.8, 4) is 0 Å². The Balaban J connectivity index is 0.00000288. The highest BCUT2D eigenvalue weighted by Crippen LogP contribution is 2.10. The fourth-order valence-electron chi connectivity index (χ4n) is 1.85. The zero-order valence-electron chi connectivity index (χ0n) is 13.3. The molecule has 0 aliphatic carbocycles. The molecule has 1 aromatic carbocycles. The number of nitrogens with zero attached hydrogens (tertiary/aromatic N) is 2. The summed E-state index contributed by atoms with van der Waals surface area (Å²) in [4.78, 5) is 9.68. The van der Waals surface area contributed by atoms with Crippen molar-refractivity contribution in [2.75, 3.05) is 7.05 Å². The number of benzene rings is 1. The molecule has 24 heavy (non-hydrogen) atoms. The molecule has 7 nitrogen and oxygen atoms in total. The third-order valence-electron chi connectivity index (χ3n) is 3.01. The van der Waals surface area contributed by atoms with Crippen LogP contribution in [0.2, 0.25) is 0 Å². The Morgan fingerprint density at radius 1 is 1.25 bits per heavy atom. The smallest absolute Gasteiger partial charge is 0.238 e. The van der Waals surface area contributed by atoms with Gasteiger partial charge in [0.1, 0.15) is 5.01 Å². The van der Waals surface area contributed by atoms with Crippen LogP contribution in [0.3, 0.4) is 0 Å². The van der Waals surface area contributed by atoms with Gasteiger partial charge in [-0.3, -0.25) is 4.99 Å². The van der Waals surface area contributed by atoms with Crippen LogP contribution in [0.4, 0.5) is 0 Å². The maximum atomic E-state index is 11.2. The van der Waals surface area contributed by atoms with Crippen LogP contribution in [0, 0.1) is 6.92 Å². The molecule has 2 rings (SSSR count). The zero-order chi connectivity index (χ0) is 16.9. The lowest BCUT2D eigenvalue weighted by Crippen LogP contribution is -2.36. The molecule has 0 atom stereocenters. The molecular formula is C14H20IN5O2S2. The van der Waals surface area contributed by atoms with Gasteiger partial charge in [0.25, 0.3) is 0 Å². The highest BCUT2D eigenvalue weighted by molar-refractivity contribution is 14.0. The molecule has 1 heterocycles. The molecule has 0 bridgehead atoms. The molecule has 0 aliphatic heterocycles. The van der Waals surface area contributed by atoms with Crippen molar-refractivity contribution in [2.45, 2.75) is 24.9 Å². The van der Waals surface area contributed by atoms with Gasteiger partial charge in [-0.05, 0) is 24.6 Å². The van der Waals surface area contributed by atoms with Crippen LogP contribution in [0.1, 0.15) is 15.4 Å². The van der Waals surface area contributed by atoms with Crippen molar-refractivity contribution in [2.24, 2.45) is 10.1 Å². The van der Waals surface area contributed by atoms with Gasteiger partial charge in [-0.15, -0.1) is 35.3 Å². The van der Waals surface area contributed by atoms with E-state index < -0.39 is 10.0 Å². The molecule has 0 unspecified atom stereocenters. The number of aliphatic imine (C=N–C) groups is 1. The Labute approximate surface area is 162 Å². The molecule has 0 saturated carbocycles. The van der Waals surface area contributed by atoms with E-state index in [-0.39, 0.29) is 28.9 Å². The molecule has 2 aromatic rings. The number of hydrogen-bond acceptors (Lipinski definition) is 5. The van der Waals surface area contributed by atoms with E-state index in [9.17, 15) is 8.42 Å². The van der Waals surface area contributed by atoms with Gasteiger partial charge in [-0.25, -0.2) is 18.5 Å². The number of guanidine groups is 1. The minimum atomic E-state index is -3.66. The minimum absolute atomic E-state index is 0. The quantitative estimate of drug-likeness (QED) is 0.342. The molecule has 4 N–H and O–H groups in total.